The summed E-state index contributed by atoms with van der Waals surface area (Å²) in [5.41, 5.74) is 5.45. The Morgan fingerprint density at radius 1 is 0.900 bits per heavy atom. The molecule has 4 aromatic rings. The number of carboxylic acid groups (broad SMARTS) is 1. The van der Waals surface area contributed by atoms with Crippen LogP contribution in [-0.2, 0) is 0 Å². The summed E-state index contributed by atoms with van der Waals surface area (Å²) in [5, 5.41) is 16.1. The lowest BCUT2D eigenvalue weighted by Gasteiger charge is -2.11. The fourth-order valence-electron chi connectivity index (χ4n) is 3.47. The molecule has 30 heavy (non-hydrogen) atoms. The summed E-state index contributed by atoms with van der Waals surface area (Å²) in [6.45, 7) is 3.86. The van der Waals surface area contributed by atoms with E-state index in [4.69, 9.17) is 0 Å². The van der Waals surface area contributed by atoms with Gasteiger partial charge < -0.3 is 20.7 Å². The topological polar surface area (TPSA) is 94.2 Å². The standard InChI is InChI=1S/C24H21N3O3/c1-14-8-10-17(11-9-14)25-24(30)27-19-13-20-18(12-15(19)2)21(22(26-20)23(28)29)16-6-4-3-5-7-16/h3-13,26H,1-2H3,(H,28,29)(H2,25,27,30). The summed E-state index contributed by atoms with van der Waals surface area (Å²) in [6, 6.07) is 20.2. The van der Waals surface area contributed by atoms with Gasteiger partial charge in [0.05, 0.1) is 0 Å². The van der Waals surface area contributed by atoms with Crippen LogP contribution in [0.15, 0.2) is 66.7 Å². The molecule has 6 nitrogen and oxygen atoms in total. The maximum absolute atomic E-state index is 12.4. The van der Waals surface area contributed by atoms with Crippen LogP contribution in [0.5, 0.6) is 0 Å². The number of aryl methyl sites for hydroxylation is 2. The molecule has 0 spiro atoms. The Labute approximate surface area is 173 Å². The van der Waals surface area contributed by atoms with E-state index >= 15 is 0 Å². The van der Waals surface area contributed by atoms with Gasteiger partial charge in [-0.3, -0.25) is 0 Å². The number of benzene rings is 3. The highest BCUT2D eigenvalue weighted by Crippen LogP contribution is 2.35. The lowest BCUT2D eigenvalue weighted by molar-refractivity contribution is 0.0692. The van der Waals surface area contributed by atoms with Crippen molar-refractivity contribution in [1.82, 2.24) is 4.98 Å². The van der Waals surface area contributed by atoms with Gasteiger partial charge in [0.2, 0.25) is 0 Å². The van der Waals surface area contributed by atoms with Crippen LogP contribution < -0.4 is 10.6 Å². The first-order chi connectivity index (χ1) is 14.4. The van der Waals surface area contributed by atoms with Crippen LogP contribution in [0, 0.1) is 13.8 Å². The Hall–Kier alpha value is -4.06. The Morgan fingerprint density at radius 3 is 2.27 bits per heavy atom. The van der Waals surface area contributed by atoms with Gasteiger partial charge in [-0.1, -0.05) is 48.0 Å². The minimum Gasteiger partial charge on any atom is -0.477 e. The molecule has 1 aromatic heterocycles. The van der Waals surface area contributed by atoms with E-state index in [9.17, 15) is 14.7 Å². The second-order valence-electron chi connectivity index (χ2n) is 7.20. The first-order valence-corrected chi connectivity index (χ1v) is 9.52. The molecule has 2 amide bonds. The Bertz CT molecular complexity index is 1240. The molecule has 4 rings (SSSR count). The highest BCUT2D eigenvalue weighted by molar-refractivity contribution is 6.09. The SMILES string of the molecule is Cc1ccc(NC(=O)Nc2cc3[nH]c(C(=O)O)c(-c4ccccc4)c3cc2C)cc1. The Kier molecular flexibility index (Phi) is 4.98. The number of aromatic nitrogens is 1. The lowest BCUT2D eigenvalue weighted by Crippen LogP contribution is -2.19. The van der Waals surface area contributed by atoms with Gasteiger partial charge in [-0.2, -0.15) is 0 Å². The Balaban J connectivity index is 1.69. The van der Waals surface area contributed by atoms with E-state index in [0.29, 0.717) is 22.5 Å². The number of aromatic amines is 1. The molecule has 4 N–H and O–H groups in total. The molecular formula is C24H21N3O3. The minimum atomic E-state index is -1.03. The molecular weight excluding hydrogens is 378 g/mol. The number of nitrogens with one attached hydrogen (secondary N) is 3. The van der Waals surface area contributed by atoms with E-state index in [1.807, 2.05) is 74.5 Å². The highest BCUT2D eigenvalue weighted by atomic mass is 16.4. The summed E-state index contributed by atoms with van der Waals surface area (Å²) < 4.78 is 0. The summed E-state index contributed by atoms with van der Waals surface area (Å²) in [5.74, 6) is -1.03. The van der Waals surface area contributed by atoms with Crippen molar-refractivity contribution >= 4 is 34.3 Å². The fraction of sp³-hybridized carbons (Fsp3) is 0.0833. The molecule has 0 bridgehead atoms. The molecule has 1 heterocycles. The molecule has 0 aliphatic rings. The van der Waals surface area contributed by atoms with Crippen molar-refractivity contribution in [3.05, 3.63) is 83.6 Å². The summed E-state index contributed by atoms with van der Waals surface area (Å²) >= 11 is 0. The minimum absolute atomic E-state index is 0.122. The van der Waals surface area contributed by atoms with Crippen LogP contribution in [-0.4, -0.2) is 22.1 Å². The van der Waals surface area contributed by atoms with Gasteiger partial charge in [-0.15, -0.1) is 0 Å². The smallest absolute Gasteiger partial charge is 0.352 e. The second-order valence-corrected chi connectivity index (χ2v) is 7.20. The molecule has 0 unspecified atom stereocenters. The molecule has 0 saturated heterocycles. The molecule has 0 aliphatic heterocycles. The van der Waals surface area contributed by atoms with E-state index < -0.39 is 5.97 Å². The number of fused-ring (bicyclic) bond motifs is 1. The number of anilines is 2. The molecule has 0 saturated carbocycles. The first kappa shape index (κ1) is 19.3. The number of carbonyl (C=O) groups is 2. The van der Waals surface area contributed by atoms with Crippen LogP contribution >= 0.6 is 0 Å². The van der Waals surface area contributed by atoms with Gasteiger partial charge in [-0.05, 0) is 49.2 Å². The number of urea groups is 1. The van der Waals surface area contributed by atoms with Crippen molar-refractivity contribution in [2.75, 3.05) is 10.6 Å². The number of aromatic carboxylic acids is 1. The van der Waals surface area contributed by atoms with Crippen LogP contribution in [0.4, 0.5) is 16.2 Å². The zero-order valence-electron chi connectivity index (χ0n) is 16.6. The van der Waals surface area contributed by atoms with E-state index in [0.717, 1.165) is 22.1 Å². The molecule has 6 heteroatoms. The molecule has 150 valence electrons. The van der Waals surface area contributed by atoms with Crippen molar-refractivity contribution in [3.8, 4) is 11.1 Å². The average Bonchev–Trinajstić information content (AvgIpc) is 3.09. The number of carbonyl (C=O) groups excluding carboxylic acids is 1. The number of amides is 2. The van der Waals surface area contributed by atoms with Gasteiger partial charge in [0.15, 0.2) is 0 Å². The zero-order chi connectivity index (χ0) is 21.3. The number of H-pyrrole nitrogens is 1. The normalized spacial score (nSPS) is 10.7. The molecule has 3 aromatic carbocycles. The fourth-order valence-corrected chi connectivity index (χ4v) is 3.47. The predicted octanol–water partition coefficient (Wildman–Crippen LogP) is 5.79. The lowest BCUT2D eigenvalue weighted by atomic mass is 10.00. The van der Waals surface area contributed by atoms with Crippen molar-refractivity contribution < 1.29 is 14.7 Å². The number of hydrogen-bond donors (Lipinski definition) is 4. The number of hydrogen-bond acceptors (Lipinski definition) is 2. The zero-order valence-corrected chi connectivity index (χ0v) is 16.6. The van der Waals surface area contributed by atoms with Crippen LogP contribution in [0.3, 0.4) is 0 Å². The van der Waals surface area contributed by atoms with Crippen molar-refractivity contribution in [2.45, 2.75) is 13.8 Å². The van der Waals surface area contributed by atoms with Gasteiger partial charge in [0.1, 0.15) is 5.69 Å². The van der Waals surface area contributed by atoms with E-state index in [2.05, 4.69) is 15.6 Å². The van der Waals surface area contributed by atoms with Crippen molar-refractivity contribution in [3.63, 3.8) is 0 Å². The summed E-state index contributed by atoms with van der Waals surface area (Å²) in [7, 11) is 0. The second kappa shape index (κ2) is 7.75. The third-order valence-corrected chi connectivity index (χ3v) is 4.98. The van der Waals surface area contributed by atoms with Gasteiger partial charge >= 0.3 is 12.0 Å². The molecule has 0 atom stereocenters. The average molecular weight is 399 g/mol. The van der Waals surface area contributed by atoms with Crippen molar-refractivity contribution in [2.24, 2.45) is 0 Å². The number of carboxylic acids is 1. The van der Waals surface area contributed by atoms with Crippen molar-refractivity contribution in [1.29, 1.82) is 0 Å². The van der Waals surface area contributed by atoms with Crippen LogP contribution in [0.2, 0.25) is 0 Å². The van der Waals surface area contributed by atoms with E-state index in [1.54, 1.807) is 6.07 Å². The maximum atomic E-state index is 12.4. The van der Waals surface area contributed by atoms with E-state index in [-0.39, 0.29) is 11.7 Å². The third kappa shape index (κ3) is 3.75. The predicted molar refractivity (Wildman–Crippen MR) is 119 cm³/mol. The maximum Gasteiger partial charge on any atom is 0.352 e. The largest absolute Gasteiger partial charge is 0.477 e. The monoisotopic (exact) mass is 399 g/mol. The highest BCUT2D eigenvalue weighted by Gasteiger charge is 2.20. The molecule has 0 aliphatic carbocycles. The number of rotatable bonds is 4. The van der Waals surface area contributed by atoms with Crippen LogP contribution in [0.25, 0.3) is 22.0 Å². The summed E-state index contributed by atoms with van der Waals surface area (Å²) in [4.78, 5) is 27.2. The van der Waals surface area contributed by atoms with Gasteiger partial charge in [0, 0.05) is 27.8 Å². The molecule has 0 fully saturated rings. The van der Waals surface area contributed by atoms with Gasteiger partial charge in [0.25, 0.3) is 0 Å². The van der Waals surface area contributed by atoms with E-state index in [1.165, 1.54) is 0 Å². The summed E-state index contributed by atoms with van der Waals surface area (Å²) in [6.07, 6.45) is 0. The van der Waals surface area contributed by atoms with Crippen LogP contribution in [0.1, 0.15) is 21.6 Å². The first-order valence-electron chi connectivity index (χ1n) is 9.52. The van der Waals surface area contributed by atoms with Gasteiger partial charge in [-0.25, -0.2) is 9.59 Å². The third-order valence-electron chi connectivity index (χ3n) is 4.98. The Morgan fingerprint density at radius 2 is 1.60 bits per heavy atom. The molecule has 0 radical (unpaired) electrons. The quantitative estimate of drug-likeness (QED) is 0.350.